The van der Waals surface area contributed by atoms with Crippen molar-refractivity contribution in [3.8, 4) is 5.75 Å². The van der Waals surface area contributed by atoms with E-state index in [0.29, 0.717) is 12.6 Å². The molecular formula is C17H20BrNO. The molecule has 0 saturated carbocycles. The number of halogens is 1. The molecule has 0 heterocycles. The Bertz CT molecular complexity index is 552. The summed E-state index contributed by atoms with van der Waals surface area (Å²) in [5, 5.41) is 3.33. The Kier molecular flexibility index (Phi) is 5.62. The normalized spacial score (nSPS) is 12.2. The van der Waals surface area contributed by atoms with Crippen LogP contribution in [0.3, 0.4) is 0 Å². The maximum absolute atomic E-state index is 6.00. The number of nitrogens with one attached hydrogen (secondary N) is 1. The van der Waals surface area contributed by atoms with Gasteiger partial charge in [0, 0.05) is 16.1 Å². The minimum Gasteiger partial charge on any atom is -0.489 e. The lowest BCUT2D eigenvalue weighted by Crippen LogP contribution is -2.16. The van der Waals surface area contributed by atoms with Crippen LogP contribution in [0.15, 0.2) is 53.0 Å². The van der Waals surface area contributed by atoms with Crippen LogP contribution in [0.2, 0.25) is 0 Å². The van der Waals surface area contributed by atoms with Gasteiger partial charge in [0.2, 0.25) is 0 Å². The lowest BCUT2D eigenvalue weighted by molar-refractivity contribution is 0.299. The minimum atomic E-state index is 0.328. The molecule has 2 rings (SSSR count). The molecule has 0 amide bonds. The van der Waals surface area contributed by atoms with Gasteiger partial charge < -0.3 is 10.1 Å². The van der Waals surface area contributed by atoms with Crippen LogP contribution in [0.25, 0.3) is 0 Å². The van der Waals surface area contributed by atoms with E-state index in [4.69, 9.17) is 4.74 Å². The molecule has 0 bridgehead atoms. The summed E-state index contributed by atoms with van der Waals surface area (Å²) in [4.78, 5) is 0. The van der Waals surface area contributed by atoms with E-state index in [2.05, 4.69) is 52.4 Å². The van der Waals surface area contributed by atoms with Gasteiger partial charge in [-0.3, -0.25) is 0 Å². The molecule has 0 fully saturated rings. The van der Waals surface area contributed by atoms with Gasteiger partial charge in [0.05, 0.1) is 0 Å². The number of hydrogen-bond donors (Lipinski definition) is 1. The average Bonchev–Trinajstić information content (AvgIpc) is 2.48. The first-order valence-corrected chi connectivity index (χ1v) is 7.67. The van der Waals surface area contributed by atoms with E-state index in [0.717, 1.165) is 22.2 Å². The van der Waals surface area contributed by atoms with Gasteiger partial charge in [-0.1, -0.05) is 53.2 Å². The molecule has 0 aliphatic carbocycles. The van der Waals surface area contributed by atoms with Crippen molar-refractivity contribution in [2.45, 2.75) is 26.0 Å². The van der Waals surface area contributed by atoms with E-state index in [1.165, 1.54) is 5.56 Å². The van der Waals surface area contributed by atoms with Gasteiger partial charge >= 0.3 is 0 Å². The molecule has 0 saturated heterocycles. The average molecular weight is 334 g/mol. The summed E-state index contributed by atoms with van der Waals surface area (Å²) < 4.78 is 7.08. The SMILES string of the molecule is CCC(NC)c1ccccc1OCc1cccc(Br)c1. The highest BCUT2D eigenvalue weighted by Gasteiger charge is 2.12. The Hall–Kier alpha value is -1.32. The molecule has 1 atom stereocenters. The molecule has 0 aliphatic heterocycles. The standard InChI is InChI=1S/C17H20BrNO/c1-3-16(19-2)15-9-4-5-10-17(15)20-12-13-7-6-8-14(18)11-13/h4-11,16,19H,3,12H2,1-2H3. The van der Waals surface area contributed by atoms with Gasteiger partial charge in [0.25, 0.3) is 0 Å². The summed E-state index contributed by atoms with van der Waals surface area (Å²) in [6, 6.07) is 16.8. The number of benzene rings is 2. The highest BCUT2D eigenvalue weighted by Crippen LogP contribution is 2.27. The quantitative estimate of drug-likeness (QED) is 0.827. The van der Waals surface area contributed by atoms with Crippen molar-refractivity contribution in [2.75, 3.05) is 7.05 Å². The number of para-hydroxylation sites is 1. The molecule has 1 N–H and O–H groups in total. The first-order valence-electron chi connectivity index (χ1n) is 6.88. The topological polar surface area (TPSA) is 21.3 Å². The Balaban J connectivity index is 2.13. The van der Waals surface area contributed by atoms with Gasteiger partial charge in [-0.25, -0.2) is 0 Å². The van der Waals surface area contributed by atoms with Crippen LogP contribution in [0, 0.1) is 0 Å². The molecule has 20 heavy (non-hydrogen) atoms. The number of ether oxygens (including phenoxy) is 1. The molecule has 2 nitrogen and oxygen atoms in total. The Morgan fingerprint density at radius 2 is 1.95 bits per heavy atom. The van der Waals surface area contributed by atoms with Crippen molar-refractivity contribution >= 4 is 15.9 Å². The molecule has 0 radical (unpaired) electrons. The van der Waals surface area contributed by atoms with Gasteiger partial charge in [-0.05, 0) is 37.2 Å². The molecule has 0 spiro atoms. The van der Waals surface area contributed by atoms with E-state index in [9.17, 15) is 0 Å². The van der Waals surface area contributed by atoms with Gasteiger partial charge in [-0.2, -0.15) is 0 Å². The number of hydrogen-bond acceptors (Lipinski definition) is 2. The van der Waals surface area contributed by atoms with Crippen LogP contribution >= 0.6 is 15.9 Å². The first-order chi connectivity index (χ1) is 9.74. The molecule has 1 unspecified atom stereocenters. The third kappa shape index (κ3) is 3.84. The zero-order chi connectivity index (χ0) is 14.4. The van der Waals surface area contributed by atoms with Crippen molar-refractivity contribution in [1.29, 1.82) is 0 Å². The molecular weight excluding hydrogens is 314 g/mol. The van der Waals surface area contributed by atoms with Crippen molar-refractivity contribution < 1.29 is 4.74 Å². The molecule has 3 heteroatoms. The third-order valence-electron chi connectivity index (χ3n) is 3.33. The van der Waals surface area contributed by atoms with Gasteiger partial charge in [-0.15, -0.1) is 0 Å². The van der Waals surface area contributed by atoms with Crippen LogP contribution in [-0.4, -0.2) is 7.05 Å². The van der Waals surface area contributed by atoms with Crippen molar-refractivity contribution in [2.24, 2.45) is 0 Å². The summed E-state index contributed by atoms with van der Waals surface area (Å²) >= 11 is 3.48. The van der Waals surface area contributed by atoms with Gasteiger partial charge in [0.1, 0.15) is 12.4 Å². The Morgan fingerprint density at radius 3 is 2.65 bits per heavy atom. The van der Waals surface area contributed by atoms with Crippen LogP contribution in [0.1, 0.15) is 30.5 Å². The van der Waals surface area contributed by atoms with Crippen molar-refractivity contribution in [3.05, 3.63) is 64.1 Å². The molecule has 0 aromatic heterocycles. The molecule has 106 valence electrons. The molecule has 2 aromatic carbocycles. The van der Waals surface area contributed by atoms with E-state index in [1.54, 1.807) is 0 Å². The molecule has 0 aliphatic rings. The summed E-state index contributed by atoms with van der Waals surface area (Å²) in [5.74, 6) is 0.952. The van der Waals surface area contributed by atoms with Gasteiger partial charge in [0.15, 0.2) is 0 Å². The highest BCUT2D eigenvalue weighted by molar-refractivity contribution is 9.10. The smallest absolute Gasteiger partial charge is 0.124 e. The lowest BCUT2D eigenvalue weighted by atomic mass is 10.0. The third-order valence-corrected chi connectivity index (χ3v) is 3.83. The fourth-order valence-corrected chi connectivity index (χ4v) is 2.71. The predicted octanol–water partition coefficient (Wildman–Crippen LogP) is 4.70. The second-order valence-corrected chi connectivity index (χ2v) is 5.62. The van der Waals surface area contributed by atoms with E-state index < -0.39 is 0 Å². The number of rotatable bonds is 6. The predicted molar refractivity (Wildman–Crippen MR) is 87.0 cm³/mol. The fourth-order valence-electron chi connectivity index (χ4n) is 2.27. The largest absolute Gasteiger partial charge is 0.489 e. The monoisotopic (exact) mass is 333 g/mol. The summed E-state index contributed by atoms with van der Waals surface area (Å²) in [5.41, 5.74) is 2.37. The van der Waals surface area contributed by atoms with Crippen LogP contribution in [-0.2, 0) is 6.61 Å². The maximum Gasteiger partial charge on any atom is 0.124 e. The summed E-state index contributed by atoms with van der Waals surface area (Å²) in [6.07, 6.45) is 1.04. The van der Waals surface area contributed by atoms with Crippen molar-refractivity contribution in [3.63, 3.8) is 0 Å². The second-order valence-electron chi connectivity index (χ2n) is 4.71. The zero-order valence-electron chi connectivity index (χ0n) is 11.9. The van der Waals surface area contributed by atoms with Crippen molar-refractivity contribution in [1.82, 2.24) is 5.32 Å². The first kappa shape index (κ1) is 15.1. The van der Waals surface area contributed by atoms with E-state index in [-0.39, 0.29) is 0 Å². The Morgan fingerprint density at radius 1 is 1.15 bits per heavy atom. The Labute approximate surface area is 129 Å². The van der Waals surface area contributed by atoms with Crippen LogP contribution in [0.5, 0.6) is 5.75 Å². The second kappa shape index (κ2) is 7.46. The summed E-state index contributed by atoms with van der Waals surface area (Å²) in [6.45, 7) is 2.75. The molecule has 2 aromatic rings. The van der Waals surface area contributed by atoms with E-state index >= 15 is 0 Å². The fraction of sp³-hybridized carbons (Fsp3) is 0.294. The van der Waals surface area contributed by atoms with E-state index in [1.807, 2.05) is 31.3 Å². The maximum atomic E-state index is 6.00. The van der Waals surface area contributed by atoms with Crippen LogP contribution < -0.4 is 10.1 Å². The summed E-state index contributed by atoms with van der Waals surface area (Å²) in [7, 11) is 1.99. The highest BCUT2D eigenvalue weighted by atomic mass is 79.9. The van der Waals surface area contributed by atoms with Crippen LogP contribution in [0.4, 0.5) is 0 Å². The lowest BCUT2D eigenvalue weighted by Gasteiger charge is -2.18. The zero-order valence-corrected chi connectivity index (χ0v) is 13.5. The minimum absolute atomic E-state index is 0.328.